The molecule has 408 valence electrons. The van der Waals surface area contributed by atoms with Gasteiger partial charge in [0, 0.05) is 12.2 Å². The summed E-state index contributed by atoms with van der Waals surface area (Å²) in [5.74, 6) is -2.06. The third-order valence-electron chi connectivity index (χ3n) is 13.7. The molecule has 0 aliphatic rings. The molecule has 0 fully saturated rings. The summed E-state index contributed by atoms with van der Waals surface area (Å²) in [7, 11) is 0. The quantitative estimate of drug-likeness (QED) is 0.0133. The summed E-state index contributed by atoms with van der Waals surface area (Å²) >= 11 is 3.27. The molecule has 0 aromatic heterocycles. The van der Waals surface area contributed by atoms with E-state index in [1.165, 1.54) is 17.8 Å². The van der Waals surface area contributed by atoms with Crippen molar-refractivity contribution in [3.05, 3.63) is 276 Å². The lowest BCUT2D eigenvalue weighted by molar-refractivity contribution is -0.145. The maximum atomic E-state index is 14.9. The van der Waals surface area contributed by atoms with Gasteiger partial charge in [0.05, 0.1) is 40.6 Å². The van der Waals surface area contributed by atoms with E-state index in [9.17, 15) is 29.4 Å². The first-order valence-corrected chi connectivity index (χ1v) is 28.8. The average Bonchev–Trinajstić information content (AvgIpc) is 3.68. The van der Waals surface area contributed by atoms with E-state index >= 15 is 0 Å². The molecule has 3 amide bonds. The Morgan fingerprint density at radius 2 is 0.949 bits per heavy atom. The number of rotatable bonds is 29. The van der Waals surface area contributed by atoms with Gasteiger partial charge in [-0.2, -0.15) is 0 Å². The third kappa shape index (κ3) is 16.1. The van der Waals surface area contributed by atoms with Crippen LogP contribution in [0.5, 0.6) is 0 Å². The first-order chi connectivity index (χ1) is 38.4. The molecule has 0 bridgehead atoms. The summed E-state index contributed by atoms with van der Waals surface area (Å²) in [5.41, 5.74) is 7.03. The van der Waals surface area contributed by atoms with Crippen molar-refractivity contribution in [1.82, 2.24) is 16.0 Å². The molecule has 7 aromatic rings. The van der Waals surface area contributed by atoms with Gasteiger partial charge in [0.15, 0.2) is 0 Å². The number of aliphatic hydroxyl groups excluding tert-OH is 2. The second-order valence-electron chi connectivity index (χ2n) is 19.6. The van der Waals surface area contributed by atoms with Crippen LogP contribution in [-0.2, 0) is 39.8 Å². The molecule has 0 saturated heterocycles. The summed E-state index contributed by atoms with van der Waals surface area (Å²) in [4.78, 5) is 56.6. The smallest absolute Gasteiger partial charge is 0.308 e. The van der Waals surface area contributed by atoms with Gasteiger partial charge in [0.2, 0.25) is 17.7 Å². The lowest BCUT2D eigenvalue weighted by Crippen LogP contribution is -2.58. The predicted octanol–water partition coefficient (Wildman–Crippen LogP) is 11.0. The Balaban J connectivity index is 1.12. The van der Waals surface area contributed by atoms with Crippen molar-refractivity contribution < 1.29 is 34.1 Å². The molecule has 10 nitrogen and oxygen atoms in total. The van der Waals surface area contributed by atoms with Crippen molar-refractivity contribution in [3.8, 4) is 0 Å². The van der Waals surface area contributed by atoms with E-state index in [4.69, 9.17) is 4.74 Å². The van der Waals surface area contributed by atoms with E-state index in [1.54, 1.807) is 17.8 Å². The van der Waals surface area contributed by atoms with E-state index in [2.05, 4.69) is 95.3 Å². The molecule has 5 atom stereocenters. The van der Waals surface area contributed by atoms with Gasteiger partial charge in [-0.3, -0.25) is 19.2 Å². The second-order valence-corrected chi connectivity index (χ2v) is 22.1. The van der Waals surface area contributed by atoms with Gasteiger partial charge in [-0.1, -0.05) is 251 Å². The summed E-state index contributed by atoms with van der Waals surface area (Å²) < 4.78 is 3.78. The average molecular weight is 1090 g/mol. The predicted molar refractivity (Wildman–Crippen MR) is 320 cm³/mol. The Morgan fingerprint density at radius 1 is 0.544 bits per heavy atom. The standard InChI is InChI=1S/C67H71N3O7S2/c1-4-43-77-62(74)47-60(72)63(49(2)3)70-65(76)59(48-79-67(54-36-20-9-21-37-54,55-38-22-10-23-39-55)56-40-24-11-25-41-56)69-64(75)58(45-50-28-12-5-13-29-50)68-61(73)46-57(71)42-26-27-44-78-66(51-30-14-6-15-31-51,52-32-16-7-17-33-52)53-34-18-8-19-35-53/h4-26,28-42,49,57-60,63,71-72H,1,27,43-48H2,2-3H3,(H,68,73)(H,69,75)(H,70,76)/b42-26-/t57-,58-,59?,60+,63-/m1/s1. The number of hydrogen-bond donors (Lipinski definition) is 5. The van der Waals surface area contributed by atoms with Crippen molar-refractivity contribution in [3.63, 3.8) is 0 Å². The van der Waals surface area contributed by atoms with Crippen LogP contribution in [0.4, 0.5) is 0 Å². The van der Waals surface area contributed by atoms with E-state index in [0.717, 1.165) is 38.9 Å². The van der Waals surface area contributed by atoms with Crippen LogP contribution >= 0.6 is 23.5 Å². The fraction of sp³-hybridized carbons (Fsp3) is 0.254. The highest BCUT2D eigenvalue weighted by atomic mass is 32.2. The molecule has 0 spiro atoms. The number of esters is 1. The van der Waals surface area contributed by atoms with Crippen molar-refractivity contribution in [1.29, 1.82) is 0 Å². The van der Waals surface area contributed by atoms with E-state index < -0.39 is 63.5 Å². The molecule has 12 heteroatoms. The maximum Gasteiger partial charge on any atom is 0.308 e. The van der Waals surface area contributed by atoms with Crippen LogP contribution in [0.2, 0.25) is 0 Å². The summed E-state index contributed by atoms with van der Waals surface area (Å²) in [6, 6.07) is 67.1. The molecule has 0 aliphatic heterocycles. The number of aliphatic hydroxyl groups is 2. The van der Waals surface area contributed by atoms with Crippen LogP contribution in [0.15, 0.2) is 237 Å². The number of thioether (sulfide) groups is 2. The largest absolute Gasteiger partial charge is 0.461 e. The lowest BCUT2D eigenvalue weighted by Gasteiger charge is -2.37. The number of nitrogens with one attached hydrogen (secondary N) is 3. The Morgan fingerprint density at radius 3 is 1.37 bits per heavy atom. The molecule has 0 radical (unpaired) electrons. The van der Waals surface area contributed by atoms with Gasteiger partial charge in [-0.25, -0.2) is 0 Å². The fourth-order valence-electron chi connectivity index (χ4n) is 9.78. The molecule has 0 heterocycles. The zero-order chi connectivity index (χ0) is 55.9. The van der Waals surface area contributed by atoms with E-state index in [1.807, 2.05) is 159 Å². The minimum atomic E-state index is -1.32. The van der Waals surface area contributed by atoms with Crippen LogP contribution in [-0.4, -0.2) is 82.3 Å². The number of allylic oxidation sites excluding steroid dienone is 1. The van der Waals surface area contributed by atoms with Crippen LogP contribution in [0.1, 0.15) is 72.1 Å². The highest BCUT2D eigenvalue weighted by molar-refractivity contribution is 8.00. The SMILES string of the molecule is C=CCOC(=O)C[C@H](O)[C@H](NC(=O)C(CSC(c1ccccc1)(c1ccccc1)c1ccccc1)NC(=O)[C@@H](Cc1ccccc1)NC(=O)C[C@H](O)/C=C\CCSC(c1ccccc1)(c1ccccc1)c1ccccc1)C(C)C. The van der Waals surface area contributed by atoms with E-state index in [-0.39, 0.29) is 37.5 Å². The Kier molecular flexibility index (Phi) is 22.5. The van der Waals surface area contributed by atoms with Gasteiger partial charge in [0.25, 0.3) is 0 Å². The highest BCUT2D eigenvalue weighted by Crippen LogP contribution is 2.50. The number of ether oxygens (including phenoxy) is 1. The molecule has 7 aromatic carbocycles. The summed E-state index contributed by atoms with van der Waals surface area (Å²) in [6.45, 7) is 7.20. The molecule has 1 unspecified atom stereocenters. The van der Waals surface area contributed by atoms with E-state index in [0.29, 0.717) is 12.2 Å². The number of amides is 3. The Labute approximate surface area is 474 Å². The third-order valence-corrected chi connectivity index (χ3v) is 16.9. The minimum absolute atomic E-state index is 0.0233. The molecule has 0 saturated carbocycles. The van der Waals surface area contributed by atoms with Crippen molar-refractivity contribution in [2.45, 2.75) is 79.4 Å². The molecule has 5 N–H and O–H groups in total. The van der Waals surface area contributed by atoms with Gasteiger partial charge < -0.3 is 30.9 Å². The van der Waals surface area contributed by atoms with Gasteiger partial charge >= 0.3 is 5.97 Å². The van der Waals surface area contributed by atoms with Crippen molar-refractivity contribution >= 4 is 47.2 Å². The van der Waals surface area contributed by atoms with Gasteiger partial charge in [0.1, 0.15) is 18.7 Å². The first-order valence-electron chi connectivity index (χ1n) is 26.8. The zero-order valence-electron chi connectivity index (χ0n) is 44.8. The van der Waals surface area contributed by atoms with Gasteiger partial charge in [-0.15, -0.1) is 23.5 Å². The molecule has 0 aliphatic carbocycles. The number of benzene rings is 7. The number of carbonyl (C=O) groups excluding carboxylic acids is 4. The Bertz CT molecular complexity index is 2810. The molecule has 79 heavy (non-hydrogen) atoms. The Hall–Kier alpha value is -7.48. The van der Waals surface area contributed by atoms with Crippen LogP contribution in [0, 0.1) is 5.92 Å². The fourth-order valence-corrected chi connectivity index (χ4v) is 12.8. The summed E-state index contributed by atoms with van der Waals surface area (Å²) in [6.07, 6.45) is 2.44. The second kappa shape index (κ2) is 30.0. The number of carbonyl (C=O) groups is 4. The lowest BCUT2D eigenvalue weighted by atomic mass is 9.84. The van der Waals surface area contributed by atoms with Crippen molar-refractivity contribution in [2.75, 3.05) is 18.1 Å². The highest BCUT2D eigenvalue weighted by Gasteiger charge is 2.41. The maximum absolute atomic E-state index is 14.9. The number of hydrogen-bond acceptors (Lipinski definition) is 9. The monoisotopic (exact) mass is 1090 g/mol. The summed E-state index contributed by atoms with van der Waals surface area (Å²) in [5, 5.41) is 31.6. The van der Waals surface area contributed by atoms with Crippen molar-refractivity contribution in [2.24, 2.45) is 5.92 Å². The van der Waals surface area contributed by atoms with Gasteiger partial charge in [-0.05, 0) is 57.0 Å². The van der Waals surface area contributed by atoms with Crippen LogP contribution in [0.3, 0.4) is 0 Å². The topological polar surface area (TPSA) is 154 Å². The normalized spacial score (nSPS) is 13.6. The van der Waals surface area contributed by atoms with Crippen LogP contribution < -0.4 is 16.0 Å². The first kappa shape index (κ1) is 59.2. The molecule has 7 rings (SSSR count). The van der Waals surface area contributed by atoms with Crippen LogP contribution in [0.25, 0.3) is 0 Å². The zero-order valence-corrected chi connectivity index (χ0v) is 46.4. The molecular formula is C67H71N3O7S2. The minimum Gasteiger partial charge on any atom is -0.461 e. The molecular weight excluding hydrogens is 1020 g/mol.